The molecule has 0 amide bonds. The largest absolute Gasteiger partial charge is 0.435 e. The predicted molar refractivity (Wildman–Crippen MR) is 602 cm³/mol. The van der Waals surface area contributed by atoms with E-state index >= 15 is 0 Å². The van der Waals surface area contributed by atoms with E-state index in [1.165, 1.54) is 11.1 Å². The number of aryl methyl sites for hydroxylation is 5. The molecule has 0 aliphatic carbocycles. The number of para-hydroxylation sites is 2. The normalized spacial score (nSPS) is 13.0. The molecular formula is C120H125N21O5. The number of anilines is 17. The molecule has 0 atom stereocenters. The summed E-state index contributed by atoms with van der Waals surface area (Å²) in [5.74, 6) is 5.65. The molecule has 26 nitrogen and oxygen atoms in total. The minimum absolute atomic E-state index is 0.326. The molecule has 20 heterocycles. The zero-order valence-electron chi connectivity index (χ0n) is 87.0. The summed E-state index contributed by atoms with van der Waals surface area (Å²) in [6.07, 6.45) is 19.7. The molecule has 5 aliphatic rings. The number of furan rings is 5. The van der Waals surface area contributed by atoms with Crippen LogP contribution < -0.4 is 49.0 Å². The molecule has 0 N–H and O–H groups in total. The Morgan fingerprint density at radius 2 is 0.432 bits per heavy atom. The maximum atomic E-state index is 6.24. The van der Waals surface area contributed by atoms with Crippen molar-refractivity contribution in [3.8, 4) is 0 Å². The Morgan fingerprint density at radius 1 is 0.192 bits per heavy atom. The maximum absolute atomic E-state index is 6.24. The van der Waals surface area contributed by atoms with E-state index in [2.05, 4.69) is 333 Å². The zero-order valence-corrected chi connectivity index (χ0v) is 87.0. The number of aromatic nitrogens is 11. The van der Waals surface area contributed by atoms with Crippen molar-refractivity contribution in [1.82, 2.24) is 54.8 Å². The van der Waals surface area contributed by atoms with Crippen LogP contribution in [0, 0.1) is 34.6 Å². The number of hydrogen-bond donors (Lipinski definition) is 0. The SMILES string of the molecule is CC.CC.CC.CC.CC.Cc1ccc2c(oc3ncccc32)c1N1CN(C(C)C)c2cccnc21.Cc1ccc2c(oc3ncccc32)c1N1CN(C(C)C)c2ncccc21.Cc1ccc2c(oc3ncccc32)c1N1CN(C(C)C)c2nccnc21.Cc1ccc2c(oc3ncccc32)c1N1CN(c2ccccc2)c2cccnc21.Cc1ccc2c(oc3ncccc32)c1N1CN(c2ccccc2)c2ncccc21. The lowest BCUT2D eigenvalue weighted by Crippen LogP contribution is -2.34. The molecule has 0 unspecified atom stereocenters. The van der Waals surface area contributed by atoms with E-state index in [-0.39, 0.29) is 0 Å². The highest BCUT2D eigenvalue weighted by molar-refractivity contribution is 6.15. The Labute approximate surface area is 851 Å². The lowest BCUT2D eigenvalue weighted by Gasteiger charge is -2.25. The average molecular weight is 1940 g/mol. The van der Waals surface area contributed by atoms with Crippen LogP contribution in [0.1, 0.15) is 139 Å². The first-order valence-corrected chi connectivity index (χ1v) is 50.8. The lowest BCUT2D eigenvalue weighted by molar-refractivity contribution is 0.650. The van der Waals surface area contributed by atoms with Gasteiger partial charge < -0.3 is 71.1 Å². The fourth-order valence-corrected chi connectivity index (χ4v) is 19.7. The van der Waals surface area contributed by atoms with Crippen LogP contribution in [0.15, 0.2) is 321 Å². The number of rotatable bonds is 10. The Bertz CT molecular complexity index is 7720. The lowest BCUT2D eigenvalue weighted by atomic mass is 10.1. The summed E-state index contributed by atoms with van der Waals surface area (Å²) >= 11 is 0. The summed E-state index contributed by atoms with van der Waals surface area (Å²) < 4.78 is 31.0. The molecule has 26 heteroatoms. The number of fused-ring (bicyclic) bond motifs is 20. The van der Waals surface area contributed by atoms with Gasteiger partial charge in [0.1, 0.15) is 13.3 Å². The zero-order chi connectivity index (χ0) is 102. The molecule has 0 fully saturated rings. The highest BCUT2D eigenvalue weighted by Crippen LogP contribution is 2.53. The molecule has 5 aliphatic heterocycles. The first kappa shape index (κ1) is 99.1. The molecule has 15 aromatic heterocycles. The first-order valence-electron chi connectivity index (χ1n) is 50.8. The Morgan fingerprint density at radius 3 is 0.795 bits per heavy atom. The van der Waals surface area contributed by atoms with Crippen molar-refractivity contribution in [2.75, 3.05) is 82.3 Å². The van der Waals surface area contributed by atoms with E-state index in [1.54, 1.807) is 43.4 Å². The van der Waals surface area contributed by atoms with Gasteiger partial charge in [-0.05, 0) is 237 Å². The number of benzene rings is 7. The van der Waals surface area contributed by atoms with Gasteiger partial charge in [-0.25, -0.2) is 54.8 Å². The topological polar surface area (TPSA) is 240 Å². The van der Waals surface area contributed by atoms with Gasteiger partial charge >= 0.3 is 0 Å². The fraction of sp³-hybridized carbons (Fsp3) is 0.242. The van der Waals surface area contributed by atoms with Gasteiger partial charge in [0.15, 0.2) is 62.8 Å². The predicted octanol–water partition coefficient (Wildman–Crippen LogP) is 31.4. The number of hydrogen-bond acceptors (Lipinski definition) is 26. The number of nitrogens with zero attached hydrogens (tertiary/aromatic N) is 21. The summed E-state index contributed by atoms with van der Waals surface area (Å²) in [5, 5.41) is 10.6. The van der Waals surface area contributed by atoms with Crippen LogP contribution in [0.25, 0.3) is 110 Å². The minimum Gasteiger partial charge on any atom is -0.435 e. The molecule has 0 radical (unpaired) electrons. The Kier molecular flexibility index (Phi) is 29.5. The summed E-state index contributed by atoms with van der Waals surface area (Å²) in [7, 11) is 0. The second-order valence-corrected chi connectivity index (χ2v) is 35.5. The maximum Gasteiger partial charge on any atom is 0.227 e. The van der Waals surface area contributed by atoms with Crippen LogP contribution in [0.2, 0.25) is 0 Å². The molecule has 740 valence electrons. The third kappa shape index (κ3) is 18.1. The van der Waals surface area contributed by atoms with Crippen LogP contribution in [0.4, 0.5) is 97.5 Å². The molecule has 146 heavy (non-hydrogen) atoms. The standard InChI is InChI=1S/2C24H18N4O.2C21H20N4O.C20H19N5O.5C2H6/c1-16-11-12-18-19-9-5-14-26-24(19)29-22(18)21(16)28-15-27(17-7-3-2-4-8-17)23-20(28)10-6-13-25-23;1-16-11-12-18-19-9-5-14-26-24(19)29-22(18)21(16)28-15-27(17-7-3-2-4-8-17)20-10-6-13-25-23(20)28;1-13(2)24-12-25(17-7-5-10-22-20(17)24)18-14(3)8-9-15-16-6-4-11-23-21(16)26-19(15)18;1-13(2)24-12-25(20-17(24)7-5-10-22-20)18-14(3)8-9-15-16-6-4-11-23-21(16)26-19(15)18;1-12(2)24-11-25(19-18(24)21-9-10-22-19)16-13(3)6-7-14-15-5-4-8-23-20(15)26-17(14)16;5*1-2/h2*2-14H,15H2,1H3;2*4-11,13H,12H2,1-3H3;4-10,12H,11H2,1-3H3;5*1-2H3. The highest BCUT2D eigenvalue weighted by atomic mass is 16.4. The van der Waals surface area contributed by atoms with Gasteiger partial charge in [0.05, 0.1) is 71.2 Å². The van der Waals surface area contributed by atoms with Crippen LogP contribution in [-0.4, -0.2) is 106 Å². The highest BCUT2D eigenvalue weighted by Gasteiger charge is 2.40. The third-order valence-electron chi connectivity index (χ3n) is 26.2. The van der Waals surface area contributed by atoms with Gasteiger partial charge in [-0.15, -0.1) is 0 Å². The van der Waals surface area contributed by atoms with E-state index in [9.17, 15) is 0 Å². The second-order valence-electron chi connectivity index (χ2n) is 35.5. The van der Waals surface area contributed by atoms with Gasteiger partial charge in [0.2, 0.25) is 28.6 Å². The Balaban J connectivity index is 0.000000117. The van der Waals surface area contributed by atoms with Crippen molar-refractivity contribution in [2.45, 2.75) is 164 Å². The van der Waals surface area contributed by atoms with Crippen molar-refractivity contribution in [1.29, 1.82) is 0 Å². The molecular weight excluding hydrogens is 1820 g/mol. The summed E-state index contributed by atoms with van der Waals surface area (Å²) in [6.45, 7) is 47.3. The fourth-order valence-electron chi connectivity index (χ4n) is 19.7. The van der Waals surface area contributed by atoms with Gasteiger partial charge in [-0.3, -0.25) is 0 Å². The monoisotopic (exact) mass is 1940 g/mol. The molecule has 0 saturated heterocycles. The van der Waals surface area contributed by atoms with Crippen molar-refractivity contribution in [2.24, 2.45) is 0 Å². The van der Waals surface area contributed by atoms with E-state index in [1.807, 2.05) is 167 Å². The summed E-state index contributed by atoms with van der Waals surface area (Å²) in [5.41, 5.74) is 25.4. The van der Waals surface area contributed by atoms with Crippen LogP contribution in [0.3, 0.4) is 0 Å². The van der Waals surface area contributed by atoms with E-state index in [0.717, 1.165) is 209 Å². The summed E-state index contributed by atoms with van der Waals surface area (Å²) in [4.78, 5) is 72.6. The summed E-state index contributed by atoms with van der Waals surface area (Å²) in [6, 6.07) is 79.6. The second kappa shape index (κ2) is 43.4. The van der Waals surface area contributed by atoms with Crippen LogP contribution in [-0.2, 0) is 0 Å². The molecule has 22 aromatic rings. The molecule has 7 aromatic carbocycles. The van der Waals surface area contributed by atoms with E-state index < -0.39 is 0 Å². The quantitative estimate of drug-likeness (QED) is 0.124. The van der Waals surface area contributed by atoms with Gasteiger partial charge in [-0.1, -0.05) is 166 Å². The van der Waals surface area contributed by atoms with Crippen LogP contribution in [0.5, 0.6) is 0 Å². The van der Waals surface area contributed by atoms with E-state index in [4.69, 9.17) is 27.1 Å². The van der Waals surface area contributed by atoms with Crippen molar-refractivity contribution in [3.63, 3.8) is 0 Å². The number of pyridine rings is 9. The third-order valence-corrected chi connectivity index (χ3v) is 26.2. The Hall–Kier alpha value is -17.0. The van der Waals surface area contributed by atoms with Gasteiger partial charge in [-0.2, -0.15) is 0 Å². The molecule has 0 saturated carbocycles. The molecule has 27 rings (SSSR count). The van der Waals surface area contributed by atoms with E-state index in [0.29, 0.717) is 66.7 Å². The van der Waals surface area contributed by atoms with Crippen molar-refractivity contribution >= 4 is 208 Å². The van der Waals surface area contributed by atoms with Gasteiger partial charge in [0.25, 0.3) is 0 Å². The minimum atomic E-state index is 0.326. The van der Waals surface area contributed by atoms with Crippen LogP contribution >= 0.6 is 0 Å². The molecule has 0 bridgehead atoms. The smallest absolute Gasteiger partial charge is 0.227 e. The molecule has 0 spiro atoms. The first-order chi connectivity index (χ1) is 71.6. The van der Waals surface area contributed by atoms with Gasteiger partial charge in [0, 0.05) is 152 Å². The van der Waals surface area contributed by atoms with Crippen molar-refractivity contribution in [3.05, 3.63) is 327 Å². The average Bonchev–Trinajstić information content (AvgIpc) is 1.60. The van der Waals surface area contributed by atoms with Crippen molar-refractivity contribution < 1.29 is 22.1 Å².